The van der Waals surface area contributed by atoms with E-state index in [1.807, 2.05) is 30.2 Å². The summed E-state index contributed by atoms with van der Waals surface area (Å²) in [5.41, 5.74) is 1.13. The molecule has 3 rings (SSSR count). The molecule has 0 N–H and O–H groups in total. The number of ether oxygens (including phenoxy) is 2. The first-order chi connectivity index (χ1) is 10.7. The van der Waals surface area contributed by atoms with Crippen LogP contribution in [0.15, 0.2) is 18.3 Å². The van der Waals surface area contributed by atoms with Gasteiger partial charge in [-0.15, -0.1) is 0 Å². The van der Waals surface area contributed by atoms with Gasteiger partial charge in [0.2, 0.25) is 11.8 Å². The van der Waals surface area contributed by atoms with Crippen molar-refractivity contribution in [3.05, 3.63) is 23.9 Å². The molecule has 2 aliphatic heterocycles. The fourth-order valence-electron chi connectivity index (χ4n) is 3.08. The standard InChI is InChI=1S/C17H24N2O3/c1-13-4-5-16(18-11-13)22-15-6-8-19(9-7-15)17(20)14-3-2-10-21-12-14/h4-5,11,14-15H,2-3,6-10,12H2,1H3/t14-/m0/s1. The van der Waals surface area contributed by atoms with E-state index in [1.165, 1.54) is 0 Å². The van der Waals surface area contributed by atoms with Gasteiger partial charge in [-0.2, -0.15) is 0 Å². The number of hydrogen-bond acceptors (Lipinski definition) is 4. The van der Waals surface area contributed by atoms with Gasteiger partial charge < -0.3 is 14.4 Å². The largest absolute Gasteiger partial charge is 0.474 e. The number of piperidine rings is 1. The molecule has 2 saturated heterocycles. The van der Waals surface area contributed by atoms with Crippen molar-refractivity contribution in [2.75, 3.05) is 26.3 Å². The third kappa shape index (κ3) is 3.77. The number of pyridine rings is 1. The minimum absolute atomic E-state index is 0.0602. The number of likely N-dealkylation sites (tertiary alicyclic amines) is 1. The van der Waals surface area contributed by atoms with Crippen molar-refractivity contribution >= 4 is 5.91 Å². The van der Waals surface area contributed by atoms with Gasteiger partial charge in [-0.1, -0.05) is 6.07 Å². The molecule has 0 unspecified atom stereocenters. The van der Waals surface area contributed by atoms with Crippen LogP contribution >= 0.6 is 0 Å². The molecule has 1 amide bonds. The lowest BCUT2D eigenvalue weighted by Gasteiger charge is -2.35. The fraction of sp³-hybridized carbons (Fsp3) is 0.647. The highest BCUT2D eigenvalue weighted by atomic mass is 16.5. The van der Waals surface area contributed by atoms with Crippen molar-refractivity contribution < 1.29 is 14.3 Å². The van der Waals surface area contributed by atoms with E-state index in [1.54, 1.807) is 0 Å². The van der Waals surface area contributed by atoms with Crippen molar-refractivity contribution in [2.24, 2.45) is 5.92 Å². The molecule has 0 spiro atoms. The van der Waals surface area contributed by atoms with E-state index in [0.29, 0.717) is 12.5 Å². The predicted molar refractivity (Wildman–Crippen MR) is 82.7 cm³/mol. The van der Waals surface area contributed by atoms with Crippen molar-refractivity contribution in [2.45, 2.75) is 38.7 Å². The van der Waals surface area contributed by atoms with E-state index in [0.717, 1.165) is 50.9 Å². The SMILES string of the molecule is Cc1ccc(OC2CCN(C(=O)[C@H]3CCCOC3)CC2)nc1. The first-order valence-corrected chi connectivity index (χ1v) is 8.18. The van der Waals surface area contributed by atoms with E-state index in [2.05, 4.69) is 4.98 Å². The molecule has 0 aliphatic carbocycles. The van der Waals surface area contributed by atoms with Gasteiger partial charge in [-0.25, -0.2) is 4.98 Å². The molecular weight excluding hydrogens is 280 g/mol. The average molecular weight is 304 g/mol. The third-order valence-electron chi connectivity index (χ3n) is 4.43. The number of aryl methyl sites for hydroxylation is 1. The smallest absolute Gasteiger partial charge is 0.228 e. The first-order valence-electron chi connectivity index (χ1n) is 8.18. The van der Waals surface area contributed by atoms with Crippen LogP contribution in [0.3, 0.4) is 0 Å². The molecule has 0 bridgehead atoms. The predicted octanol–water partition coefficient (Wildman–Crippen LogP) is 2.19. The quantitative estimate of drug-likeness (QED) is 0.859. The first kappa shape index (κ1) is 15.3. The van der Waals surface area contributed by atoms with Gasteiger partial charge in [-0.05, 0) is 25.3 Å². The summed E-state index contributed by atoms with van der Waals surface area (Å²) in [5, 5.41) is 0. The lowest BCUT2D eigenvalue weighted by molar-refractivity contribution is -0.141. The summed E-state index contributed by atoms with van der Waals surface area (Å²) >= 11 is 0. The Morgan fingerprint density at radius 2 is 2.14 bits per heavy atom. The molecule has 5 heteroatoms. The Kier molecular flexibility index (Phi) is 4.93. The summed E-state index contributed by atoms with van der Waals surface area (Å²) in [6, 6.07) is 3.91. The molecule has 1 aromatic rings. The lowest BCUT2D eigenvalue weighted by atomic mass is 9.98. The van der Waals surface area contributed by atoms with E-state index in [9.17, 15) is 4.79 Å². The van der Waals surface area contributed by atoms with Crippen LogP contribution in [0.1, 0.15) is 31.2 Å². The van der Waals surface area contributed by atoms with Crippen molar-refractivity contribution in [3.8, 4) is 5.88 Å². The maximum Gasteiger partial charge on any atom is 0.228 e. The molecule has 22 heavy (non-hydrogen) atoms. The topological polar surface area (TPSA) is 51.7 Å². The summed E-state index contributed by atoms with van der Waals surface area (Å²) < 4.78 is 11.3. The molecule has 5 nitrogen and oxygen atoms in total. The van der Waals surface area contributed by atoms with E-state index in [-0.39, 0.29) is 17.9 Å². The zero-order chi connectivity index (χ0) is 15.4. The molecule has 120 valence electrons. The van der Waals surface area contributed by atoms with Gasteiger partial charge in [0.25, 0.3) is 0 Å². The van der Waals surface area contributed by atoms with Crippen LogP contribution in [0.5, 0.6) is 5.88 Å². The van der Waals surface area contributed by atoms with Crippen LogP contribution in [0.4, 0.5) is 0 Å². The Balaban J connectivity index is 1.47. The number of rotatable bonds is 3. The third-order valence-corrected chi connectivity index (χ3v) is 4.43. The second kappa shape index (κ2) is 7.09. The molecule has 0 saturated carbocycles. The number of nitrogens with zero attached hydrogens (tertiary/aromatic N) is 2. The Labute approximate surface area is 131 Å². The van der Waals surface area contributed by atoms with Gasteiger partial charge in [0.05, 0.1) is 12.5 Å². The number of carbonyl (C=O) groups excluding carboxylic acids is 1. The number of amides is 1. The molecule has 2 fully saturated rings. The van der Waals surface area contributed by atoms with Crippen molar-refractivity contribution in [3.63, 3.8) is 0 Å². The minimum Gasteiger partial charge on any atom is -0.474 e. The van der Waals surface area contributed by atoms with Crippen LogP contribution in [0.2, 0.25) is 0 Å². The van der Waals surface area contributed by atoms with Gasteiger partial charge in [0.1, 0.15) is 6.10 Å². The molecule has 2 aliphatic rings. The van der Waals surface area contributed by atoms with E-state index < -0.39 is 0 Å². The molecule has 0 aromatic carbocycles. The minimum atomic E-state index is 0.0602. The molecule has 3 heterocycles. The van der Waals surface area contributed by atoms with Crippen molar-refractivity contribution in [1.82, 2.24) is 9.88 Å². The van der Waals surface area contributed by atoms with Crippen LogP contribution in [-0.2, 0) is 9.53 Å². The number of aromatic nitrogens is 1. The normalized spacial score (nSPS) is 23.3. The second-order valence-electron chi connectivity index (χ2n) is 6.23. The summed E-state index contributed by atoms with van der Waals surface area (Å²) in [6.45, 7) is 4.93. The maximum atomic E-state index is 12.4. The van der Waals surface area contributed by atoms with Crippen LogP contribution < -0.4 is 4.74 Å². The Morgan fingerprint density at radius 3 is 2.77 bits per heavy atom. The average Bonchev–Trinajstić information content (AvgIpc) is 2.58. The molecule has 1 aromatic heterocycles. The Hall–Kier alpha value is -1.62. The number of hydrogen-bond donors (Lipinski definition) is 0. The summed E-state index contributed by atoms with van der Waals surface area (Å²) in [6.07, 6.45) is 5.67. The molecule has 1 atom stereocenters. The van der Waals surface area contributed by atoms with Gasteiger partial charge in [0, 0.05) is 44.8 Å². The second-order valence-corrected chi connectivity index (χ2v) is 6.23. The fourth-order valence-corrected chi connectivity index (χ4v) is 3.08. The van der Waals surface area contributed by atoms with Gasteiger partial charge in [0.15, 0.2) is 0 Å². The van der Waals surface area contributed by atoms with Crippen LogP contribution in [0.25, 0.3) is 0 Å². The monoisotopic (exact) mass is 304 g/mol. The highest BCUT2D eigenvalue weighted by molar-refractivity contribution is 5.79. The Bertz CT molecular complexity index is 489. The number of carbonyl (C=O) groups is 1. The summed E-state index contributed by atoms with van der Waals surface area (Å²) in [4.78, 5) is 18.7. The molecular formula is C17H24N2O3. The summed E-state index contributed by atoms with van der Waals surface area (Å²) in [7, 11) is 0. The van der Waals surface area contributed by atoms with Crippen LogP contribution in [-0.4, -0.2) is 48.2 Å². The maximum absolute atomic E-state index is 12.4. The van der Waals surface area contributed by atoms with Gasteiger partial charge in [-0.3, -0.25) is 4.79 Å². The summed E-state index contributed by atoms with van der Waals surface area (Å²) in [5.74, 6) is 0.993. The highest BCUT2D eigenvalue weighted by Gasteiger charge is 2.30. The zero-order valence-corrected chi connectivity index (χ0v) is 13.2. The van der Waals surface area contributed by atoms with Gasteiger partial charge >= 0.3 is 0 Å². The lowest BCUT2D eigenvalue weighted by Crippen LogP contribution is -2.45. The molecule has 0 radical (unpaired) electrons. The Morgan fingerprint density at radius 1 is 1.32 bits per heavy atom. The van der Waals surface area contributed by atoms with Crippen molar-refractivity contribution in [1.29, 1.82) is 0 Å². The zero-order valence-electron chi connectivity index (χ0n) is 13.2. The highest BCUT2D eigenvalue weighted by Crippen LogP contribution is 2.21. The van der Waals surface area contributed by atoms with E-state index in [4.69, 9.17) is 9.47 Å². The van der Waals surface area contributed by atoms with E-state index >= 15 is 0 Å². The van der Waals surface area contributed by atoms with Crippen LogP contribution in [0, 0.1) is 12.8 Å².